The van der Waals surface area contributed by atoms with Gasteiger partial charge in [-0.15, -0.1) is 0 Å². The van der Waals surface area contributed by atoms with Gasteiger partial charge in [-0.3, -0.25) is 0 Å². The fraction of sp³-hybridized carbons (Fsp3) is 0.350. The minimum absolute atomic E-state index is 0.580. The van der Waals surface area contributed by atoms with Gasteiger partial charge in [-0.05, 0) is 25.0 Å². The first-order chi connectivity index (χ1) is 12.2. The number of aryl methyl sites for hydroxylation is 2. The van der Waals surface area contributed by atoms with Crippen LogP contribution in [0.25, 0.3) is 22.4 Å². The van der Waals surface area contributed by atoms with Crippen LogP contribution in [0.3, 0.4) is 0 Å². The molecule has 2 aromatic carbocycles. The van der Waals surface area contributed by atoms with Crippen LogP contribution in [0.4, 0.5) is 5.69 Å². The van der Waals surface area contributed by atoms with Gasteiger partial charge in [0.15, 0.2) is 11.5 Å². The van der Waals surface area contributed by atoms with Gasteiger partial charge < -0.3 is 19.8 Å². The zero-order valence-electron chi connectivity index (χ0n) is 14.7. The summed E-state index contributed by atoms with van der Waals surface area (Å²) in [5.74, 6) is 2.51. The van der Waals surface area contributed by atoms with E-state index in [0.29, 0.717) is 13.2 Å². The molecule has 0 aliphatic carbocycles. The molecule has 1 aromatic heterocycles. The lowest BCUT2D eigenvalue weighted by atomic mass is 10.1. The number of ether oxygens (including phenoxy) is 2. The fourth-order valence-corrected chi connectivity index (χ4v) is 3.20. The number of rotatable bonds is 4. The van der Waals surface area contributed by atoms with Gasteiger partial charge in [-0.1, -0.05) is 25.5 Å². The second-order valence-corrected chi connectivity index (χ2v) is 6.50. The summed E-state index contributed by atoms with van der Waals surface area (Å²) in [6, 6.07) is 10.2. The first kappa shape index (κ1) is 15.8. The SMILES string of the molecule is CCCCn1c(-c2ccc(C)c(N)c2)nc2cc3c(cc21)OCCO3. The predicted octanol–water partition coefficient (Wildman–Crippen LogP) is 4.17. The maximum Gasteiger partial charge on any atom is 0.163 e. The summed E-state index contributed by atoms with van der Waals surface area (Å²) in [5, 5.41) is 0. The number of aromatic nitrogens is 2. The van der Waals surface area contributed by atoms with E-state index in [-0.39, 0.29) is 0 Å². The van der Waals surface area contributed by atoms with Gasteiger partial charge >= 0.3 is 0 Å². The van der Waals surface area contributed by atoms with Crippen LogP contribution < -0.4 is 15.2 Å². The molecule has 0 atom stereocenters. The molecule has 3 aromatic rings. The maximum absolute atomic E-state index is 6.12. The van der Waals surface area contributed by atoms with Crippen LogP contribution in [0.1, 0.15) is 25.3 Å². The van der Waals surface area contributed by atoms with E-state index in [9.17, 15) is 0 Å². The van der Waals surface area contributed by atoms with Gasteiger partial charge in [0, 0.05) is 29.9 Å². The highest BCUT2D eigenvalue weighted by Gasteiger charge is 2.19. The molecule has 0 amide bonds. The van der Waals surface area contributed by atoms with E-state index in [1.54, 1.807) is 0 Å². The van der Waals surface area contributed by atoms with E-state index in [1.807, 2.05) is 31.2 Å². The summed E-state index contributed by atoms with van der Waals surface area (Å²) in [6.45, 7) is 6.29. The molecule has 0 radical (unpaired) electrons. The highest BCUT2D eigenvalue weighted by atomic mass is 16.6. The zero-order valence-corrected chi connectivity index (χ0v) is 14.7. The number of nitrogen functional groups attached to an aromatic ring is 1. The molecule has 0 saturated heterocycles. The van der Waals surface area contributed by atoms with Crippen LogP contribution in [0.5, 0.6) is 11.5 Å². The number of nitrogens with two attached hydrogens (primary N) is 1. The molecule has 1 aliphatic heterocycles. The lowest BCUT2D eigenvalue weighted by Crippen LogP contribution is -2.15. The second kappa shape index (κ2) is 6.31. The summed E-state index contributed by atoms with van der Waals surface area (Å²) in [4.78, 5) is 4.89. The van der Waals surface area contributed by atoms with Crippen molar-refractivity contribution in [1.82, 2.24) is 9.55 Å². The number of hydrogen-bond donors (Lipinski definition) is 1. The highest BCUT2D eigenvalue weighted by Crippen LogP contribution is 2.37. The topological polar surface area (TPSA) is 62.3 Å². The minimum atomic E-state index is 0.580. The number of fused-ring (bicyclic) bond motifs is 2. The molecule has 0 saturated carbocycles. The first-order valence-corrected chi connectivity index (χ1v) is 8.83. The van der Waals surface area contributed by atoms with Crippen LogP contribution in [0, 0.1) is 6.92 Å². The average molecular weight is 337 g/mol. The van der Waals surface area contributed by atoms with E-state index >= 15 is 0 Å². The third-order valence-corrected chi connectivity index (χ3v) is 4.68. The molecule has 4 rings (SSSR count). The van der Waals surface area contributed by atoms with Gasteiger partial charge in [-0.25, -0.2) is 4.98 Å². The van der Waals surface area contributed by atoms with Gasteiger partial charge in [0.2, 0.25) is 0 Å². The van der Waals surface area contributed by atoms with Crippen LogP contribution in [0.15, 0.2) is 30.3 Å². The summed E-state index contributed by atoms with van der Waals surface area (Å²) in [6.07, 6.45) is 2.22. The smallest absolute Gasteiger partial charge is 0.163 e. The summed E-state index contributed by atoms with van der Waals surface area (Å²) in [7, 11) is 0. The van der Waals surface area contributed by atoms with Crippen LogP contribution >= 0.6 is 0 Å². The van der Waals surface area contributed by atoms with Crippen molar-refractivity contribution in [3.05, 3.63) is 35.9 Å². The molecule has 2 N–H and O–H groups in total. The molecule has 5 heteroatoms. The van der Waals surface area contributed by atoms with E-state index < -0.39 is 0 Å². The summed E-state index contributed by atoms with van der Waals surface area (Å²) in [5.41, 5.74) is 11.0. The van der Waals surface area contributed by atoms with E-state index in [0.717, 1.165) is 64.6 Å². The average Bonchev–Trinajstić information content (AvgIpc) is 2.97. The van der Waals surface area contributed by atoms with Gasteiger partial charge in [0.25, 0.3) is 0 Å². The molecular formula is C20H23N3O2. The van der Waals surface area contributed by atoms with Gasteiger partial charge in [-0.2, -0.15) is 0 Å². The Kier molecular flexibility index (Phi) is 3.99. The third-order valence-electron chi connectivity index (χ3n) is 4.68. The Balaban J connectivity index is 1.90. The number of anilines is 1. The molecule has 0 unspecified atom stereocenters. The van der Waals surface area contributed by atoms with Crippen molar-refractivity contribution < 1.29 is 9.47 Å². The van der Waals surface area contributed by atoms with Gasteiger partial charge in [0.1, 0.15) is 19.0 Å². The van der Waals surface area contributed by atoms with Crippen molar-refractivity contribution in [2.24, 2.45) is 0 Å². The lowest BCUT2D eigenvalue weighted by molar-refractivity contribution is 0.172. The van der Waals surface area contributed by atoms with Crippen molar-refractivity contribution >= 4 is 16.7 Å². The molecule has 0 fully saturated rings. The molecule has 0 bridgehead atoms. The highest BCUT2D eigenvalue weighted by molar-refractivity contribution is 5.84. The number of nitrogens with zero attached hydrogens (tertiary/aromatic N) is 2. The Hall–Kier alpha value is -2.69. The summed E-state index contributed by atoms with van der Waals surface area (Å²) < 4.78 is 13.7. The monoisotopic (exact) mass is 337 g/mol. The maximum atomic E-state index is 6.12. The van der Waals surface area contributed by atoms with E-state index in [4.69, 9.17) is 20.2 Å². The van der Waals surface area contributed by atoms with E-state index in [1.165, 1.54) is 0 Å². The molecule has 5 nitrogen and oxygen atoms in total. The Morgan fingerprint density at radius 1 is 1.12 bits per heavy atom. The number of hydrogen-bond acceptors (Lipinski definition) is 4. The van der Waals surface area contributed by atoms with Crippen LogP contribution in [-0.2, 0) is 6.54 Å². The molecule has 1 aliphatic rings. The second-order valence-electron chi connectivity index (χ2n) is 6.50. The Labute approximate surface area is 147 Å². The standard InChI is InChI=1S/C20H23N3O2/c1-3-4-7-23-17-12-19-18(24-8-9-25-19)11-16(17)22-20(23)14-6-5-13(2)15(21)10-14/h5-6,10-12H,3-4,7-9,21H2,1-2H3. The molecule has 0 spiro atoms. The Bertz CT molecular complexity index is 930. The summed E-state index contributed by atoms with van der Waals surface area (Å²) >= 11 is 0. The van der Waals surface area contributed by atoms with Crippen molar-refractivity contribution in [3.8, 4) is 22.9 Å². The van der Waals surface area contributed by atoms with Crippen molar-refractivity contribution in [2.45, 2.75) is 33.2 Å². The molecular weight excluding hydrogens is 314 g/mol. The first-order valence-electron chi connectivity index (χ1n) is 8.83. The molecule has 130 valence electrons. The minimum Gasteiger partial charge on any atom is -0.486 e. The third kappa shape index (κ3) is 2.80. The lowest BCUT2D eigenvalue weighted by Gasteiger charge is -2.18. The van der Waals surface area contributed by atoms with Crippen molar-refractivity contribution in [3.63, 3.8) is 0 Å². The predicted molar refractivity (Wildman–Crippen MR) is 100 cm³/mol. The fourth-order valence-electron chi connectivity index (χ4n) is 3.20. The Morgan fingerprint density at radius 2 is 1.88 bits per heavy atom. The van der Waals surface area contributed by atoms with E-state index in [2.05, 4.69) is 17.6 Å². The quantitative estimate of drug-likeness (QED) is 0.726. The molecule has 25 heavy (non-hydrogen) atoms. The van der Waals surface area contributed by atoms with Crippen molar-refractivity contribution in [1.29, 1.82) is 0 Å². The zero-order chi connectivity index (χ0) is 17.4. The number of benzene rings is 2. The largest absolute Gasteiger partial charge is 0.486 e. The normalized spacial score (nSPS) is 13.4. The Morgan fingerprint density at radius 3 is 2.60 bits per heavy atom. The number of imidazole rings is 1. The molecule has 2 heterocycles. The number of unbranched alkanes of at least 4 members (excludes halogenated alkanes) is 1. The van der Waals surface area contributed by atoms with Gasteiger partial charge in [0.05, 0.1) is 11.0 Å². The van der Waals surface area contributed by atoms with Crippen molar-refractivity contribution in [2.75, 3.05) is 18.9 Å². The van der Waals surface area contributed by atoms with Crippen LogP contribution in [0.2, 0.25) is 0 Å². The van der Waals surface area contributed by atoms with Crippen LogP contribution in [-0.4, -0.2) is 22.8 Å².